The van der Waals surface area contributed by atoms with Gasteiger partial charge in [-0.3, -0.25) is 0 Å². The van der Waals surface area contributed by atoms with E-state index in [2.05, 4.69) is 42.1 Å². The first-order valence-corrected chi connectivity index (χ1v) is 7.19. The van der Waals surface area contributed by atoms with Crippen molar-refractivity contribution in [3.05, 3.63) is 57.8 Å². The van der Waals surface area contributed by atoms with Crippen LogP contribution in [0.15, 0.2) is 36.5 Å². The van der Waals surface area contributed by atoms with Crippen LogP contribution in [0.5, 0.6) is 0 Å². The third kappa shape index (κ3) is 3.53. The average Bonchev–Trinajstić information content (AvgIpc) is 2.86. The van der Waals surface area contributed by atoms with Gasteiger partial charge in [-0.2, -0.15) is 0 Å². The first-order valence-electron chi connectivity index (χ1n) is 6.44. The molecule has 0 saturated heterocycles. The SMILES string of the molecule is CCn1cccc1CNC(C)c1ccc(Cl)c(Cl)c1. The third-order valence-electron chi connectivity index (χ3n) is 3.30. The Morgan fingerprint density at radius 2 is 2.00 bits per heavy atom. The third-order valence-corrected chi connectivity index (χ3v) is 4.04. The number of hydrogen-bond acceptors (Lipinski definition) is 1. The molecule has 1 atom stereocenters. The minimum absolute atomic E-state index is 0.231. The maximum Gasteiger partial charge on any atom is 0.0595 e. The van der Waals surface area contributed by atoms with E-state index in [1.807, 2.05) is 18.2 Å². The van der Waals surface area contributed by atoms with Crippen LogP contribution in [0.25, 0.3) is 0 Å². The number of benzene rings is 1. The van der Waals surface area contributed by atoms with Gasteiger partial charge in [-0.1, -0.05) is 29.3 Å². The molecular formula is C15H18Cl2N2. The fraction of sp³-hybridized carbons (Fsp3) is 0.333. The fourth-order valence-electron chi connectivity index (χ4n) is 2.08. The fourth-order valence-corrected chi connectivity index (χ4v) is 2.38. The summed E-state index contributed by atoms with van der Waals surface area (Å²) in [7, 11) is 0. The summed E-state index contributed by atoms with van der Waals surface area (Å²) in [6.07, 6.45) is 2.10. The minimum atomic E-state index is 0.231. The first-order chi connectivity index (χ1) is 9.11. The highest BCUT2D eigenvalue weighted by Gasteiger charge is 2.08. The molecule has 0 bridgehead atoms. The van der Waals surface area contributed by atoms with Crippen molar-refractivity contribution >= 4 is 23.2 Å². The standard InChI is InChI=1S/C15H18Cl2N2/c1-3-19-8-4-5-13(19)10-18-11(2)12-6-7-14(16)15(17)9-12/h4-9,11,18H,3,10H2,1-2H3. The maximum absolute atomic E-state index is 6.04. The molecule has 0 aliphatic heterocycles. The predicted octanol–water partition coefficient (Wildman–Crippen LogP) is 4.67. The van der Waals surface area contributed by atoms with Crippen LogP contribution in [0.3, 0.4) is 0 Å². The zero-order chi connectivity index (χ0) is 13.8. The van der Waals surface area contributed by atoms with E-state index in [4.69, 9.17) is 23.2 Å². The maximum atomic E-state index is 6.04. The van der Waals surface area contributed by atoms with Crippen molar-refractivity contribution < 1.29 is 0 Å². The van der Waals surface area contributed by atoms with Crippen molar-refractivity contribution in [2.24, 2.45) is 0 Å². The van der Waals surface area contributed by atoms with Gasteiger partial charge in [0.1, 0.15) is 0 Å². The summed E-state index contributed by atoms with van der Waals surface area (Å²) >= 11 is 12.0. The lowest BCUT2D eigenvalue weighted by atomic mass is 10.1. The lowest BCUT2D eigenvalue weighted by Crippen LogP contribution is -2.19. The molecular weight excluding hydrogens is 279 g/mol. The van der Waals surface area contributed by atoms with Gasteiger partial charge in [0.05, 0.1) is 10.0 Å². The van der Waals surface area contributed by atoms with Gasteiger partial charge in [-0.25, -0.2) is 0 Å². The highest BCUT2D eigenvalue weighted by Crippen LogP contribution is 2.25. The summed E-state index contributed by atoms with van der Waals surface area (Å²) in [5.74, 6) is 0. The van der Waals surface area contributed by atoms with Gasteiger partial charge < -0.3 is 9.88 Å². The molecule has 1 heterocycles. The smallest absolute Gasteiger partial charge is 0.0595 e. The summed E-state index contributed by atoms with van der Waals surface area (Å²) in [5, 5.41) is 4.70. The molecule has 1 aromatic carbocycles. The Labute approximate surface area is 124 Å². The van der Waals surface area contributed by atoms with Gasteiger partial charge in [0.2, 0.25) is 0 Å². The van der Waals surface area contributed by atoms with Crippen LogP contribution in [0.4, 0.5) is 0 Å². The van der Waals surface area contributed by atoms with E-state index in [9.17, 15) is 0 Å². The average molecular weight is 297 g/mol. The molecule has 1 unspecified atom stereocenters. The normalized spacial score (nSPS) is 12.6. The molecule has 1 N–H and O–H groups in total. The van der Waals surface area contributed by atoms with Gasteiger partial charge in [-0.05, 0) is 43.7 Å². The van der Waals surface area contributed by atoms with E-state index in [1.54, 1.807) is 0 Å². The van der Waals surface area contributed by atoms with Crippen molar-refractivity contribution in [1.29, 1.82) is 0 Å². The van der Waals surface area contributed by atoms with Crippen LogP contribution in [-0.2, 0) is 13.1 Å². The quantitative estimate of drug-likeness (QED) is 0.849. The number of halogens is 2. The van der Waals surface area contributed by atoms with Crippen molar-refractivity contribution in [2.75, 3.05) is 0 Å². The molecule has 0 radical (unpaired) electrons. The van der Waals surface area contributed by atoms with E-state index in [0.29, 0.717) is 10.0 Å². The van der Waals surface area contributed by atoms with Gasteiger partial charge in [0.15, 0.2) is 0 Å². The minimum Gasteiger partial charge on any atom is -0.351 e. The number of aryl methyl sites for hydroxylation is 1. The van der Waals surface area contributed by atoms with Crippen LogP contribution in [0.2, 0.25) is 10.0 Å². The van der Waals surface area contributed by atoms with E-state index >= 15 is 0 Å². The Morgan fingerprint density at radius 3 is 2.68 bits per heavy atom. The number of aromatic nitrogens is 1. The summed E-state index contributed by atoms with van der Waals surface area (Å²) in [6, 6.07) is 10.2. The Bertz CT molecular complexity index is 549. The van der Waals surface area contributed by atoms with Crippen molar-refractivity contribution in [1.82, 2.24) is 9.88 Å². The van der Waals surface area contributed by atoms with Crippen LogP contribution < -0.4 is 5.32 Å². The molecule has 19 heavy (non-hydrogen) atoms. The Hall–Kier alpha value is -0.960. The van der Waals surface area contributed by atoms with Gasteiger partial charge in [0.25, 0.3) is 0 Å². The van der Waals surface area contributed by atoms with E-state index in [0.717, 1.165) is 18.7 Å². The van der Waals surface area contributed by atoms with Gasteiger partial charge in [-0.15, -0.1) is 0 Å². The molecule has 0 aliphatic rings. The number of rotatable bonds is 5. The van der Waals surface area contributed by atoms with Crippen LogP contribution in [0, 0.1) is 0 Å². The molecule has 2 nitrogen and oxygen atoms in total. The molecule has 1 aromatic heterocycles. The lowest BCUT2D eigenvalue weighted by Gasteiger charge is -2.16. The number of nitrogens with one attached hydrogen (secondary N) is 1. The first kappa shape index (κ1) is 14.4. The Kier molecular flexibility index (Phi) is 4.92. The summed E-state index contributed by atoms with van der Waals surface area (Å²) in [6.45, 7) is 6.10. The monoisotopic (exact) mass is 296 g/mol. The molecule has 4 heteroatoms. The molecule has 0 spiro atoms. The van der Waals surface area contributed by atoms with Crippen LogP contribution in [-0.4, -0.2) is 4.57 Å². The molecule has 0 saturated carbocycles. The Balaban J connectivity index is 2.01. The summed E-state index contributed by atoms with van der Waals surface area (Å²) < 4.78 is 2.23. The zero-order valence-corrected chi connectivity index (χ0v) is 12.7. The molecule has 0 amide bonds. The van der Waals surface area contributed by atoms with Gasteiger partial charge in [0, 0.05) is 31.0 Å². The number of hydrogen-bond donors (Lipinski definition) is 1. The van der Waals surface area contributed by atoms with Crippen LogP contribution in [0.1, 0.15) is 31.1 Å². The highest BCUT2D eigenvalue weighted by molar-refractivity contribution is 6.42. The topological polar surface area (TPSA) is 17.0 Å². The molecule has 0 aliphatic carbocycles. The second-order valence-electron chi connectivity index (χ2n) is 4.56. The molecule has 0 fully saturated rings. The zero-order valence-electron chi connectivity index (χ0n) is 11.2. The summed E-state index contributed by atoms with van der Waals surface area (Å²) in [5.41, 5.74) is 2.43. The number of nitrogens with zero attached hydrogens (tertiary/aromatic N) is 1. The van der Waals surface area contributed by atoms with Crippen LogP contribution >= 0.6 is 23.2 Å². The molecule has 2 aromatic rings. The largest absolute Gasteiger partial charge is 0.351 e. The van der Waals surface area contributed by atoms with E-state index < -0.39 is 0 Å². The molecule has 102 valence electrons. The highest BCUT2D eigenvalue weighted by atomic mass is 35.5. The summed E-state index contributed by atoms with van der Waals surface area (Å²) in [4.78, 5) is 0. The van der Waals surface area contributed by atoms with Crippen molar-refractivity contribution in [2.45, 2.75) is 33.0 Å². The molecule has 2 rings (SSSR count). The predicted molar refractivity (Wildman–Crippen MR) is 81.8 cm³/mol. The van der Waals surface area contributed by atoms with Crippen molar-refractivity contribution in [3.8, 4) is 0 Å². The van der Waals surface area contributed by atoms with Crippen molar-refractivity contribution in [3.63, 3.8) is 0 Å². The lowest BCUT2D eigenvalue weighted by molar-refractivity contribution is 0.549. The van der Waals surface area contributed by atoms with Gasteiger partial charge >= 0.3 is 0 Å². The Morgan fingerprint density at radius 1 is 1.21 bits per heavy atom. The second-order valence-corrected chi connectivity index (χ2v) is 5.38. The van der Waals surface area contributed by atoms with E-state index in [1.165, 1.54) is 5.69 Å². The van der Waals surface area contributed by atoms with E-state index in [-0.39, 0.29) is 6.04 Å². The second kappa shape index (κ2) is 6.47.